The van der Waals surface area contributed by atoms with E-state index in [0.717, 1.165) is 35.2 Å². The highest BCUT2D eigenvalue weighted by atomic mass is 32.2. The maximum absolute atomic E-state index is 13.1. The zero-order chi connectivity index (χ0) is 20.1. The lowest BCUT2D eigenvalue weighted by Gasteiger charge is -2.19. The number of para-hydroxylation sites is 1. The van der Waals surface area contributed by atoms with Gasteiger partial charge in [0.25, 0.3) is 0 Å². The first-order chi connectivity index (χ1) is 13.3. The molecule has 0 spiro atoms. The maximum Gasteiger partial charge on any atom is 0.244 e. The fourth-order valence-corrected chi connectivity index (χ4v) is 5.43. The number of fused-ring (bicyclic) bond motifs is 1. The van der Waals surface area contributed by atoms with E-state index >= 15 is 0 Å². The van der Waals surface area contributed by atoms with Crippen LogP contribution >= 0.6 is 0 Å². The number of hydrogen-bond donors (Lipinski definition) is 2. The molecule has 5 nitrogen and oxygen atoms in total. The topological polar surface area (TPSA) is 71.2 Å². The van der Waals surface area contributed by atoms with Crippen molar-refractivity contribution < 1.29 is 13.2 Å². The molecule has 1 aliphatic rings. The Bertz CT molecular complexity index is 1160. The Morgan fingerprint density at radius 2 is 1.79 bits per heavy atom. The van der Waals surface area contributed by atoms with Crippen molar-refractivity contribution in [3.63, 3.8) is 0 Å². The van der Waals surface area contributed by atoms with E-state index in [4.69, 9.17) is 4.74 Å². The van der Waals surface area contributed by atoms with Gasteiger partial charge in [-0.15, -0.1) is 0 Å². The summed E-state index contributed by atoms with van der Waals surface area (Å²) in [6.45, 7) is 6.30. The number of aryl methyl sites for hydroxylation is 3. The van der Waals surface area contributed by atoms with Crippen LogP contribution in [0.4, 0.5) is 0 Å². The molecule has 1 aromatic heterocycles. The third-order valence-electron chi connectivity index (χ3n) is 5.95. The van der Waals surface area contributed by atoms with Gasteiger partial charge in [0.15, 0.2) is 0 Å². The second-order valence-corrected chi connectivity index (χ2v) is 9.60. The van der Waals surface area contributed by atoms with Crippen LogP contribution in [0.3, 0.4) is 0 Å². The molecular formula is C22H26N2O3S. The molecule has 2 aromatic carbocycles. The molecule has 1 heterocycles. The minimum atomic E-state index is -3.68. The smallest absolute Gasteiger partial charge is 0.244 e. The van der Waals surface area contributed by atoms with E-state index in [1.165, 1.54) is 18.1 Å². The van der Waals surface area contributed by atoms with Crippen LogP contribution in [0.5, 0.6) is 5.75 Å². The Hall–Kier alpha value is -2.31. The van der Waals surface area contributed by atoms with Gasteiger partial charge in [-0.3, -0.25) is 0 Å². The number of H-pyrrole nitrogens is 1. The molecule has 0 radical (unpaired) electrons. The second-order valence-electron chi connectivity index (χ2n) is 7.86. The third-order valence-corrected chi connectivity index (χ3v) is 7.37. The lowest BCUT2D eigenvalue weighted by atomic mass is 9.93. The van der Waals surface area contributed by atoms with Crippen LogP contribution in [0.1, 0.15) is 35.2 Å². The number of hydrogen-bond acceptors (Lipinski definition) is 3. The van der Waals surface area contributed by atoms with Crippen molar-refractivity contribution in [1.29, 1.82) is 0 Å². The first-order valence-corrected chi connectivity index (χ1v) is 11.0. The monoisotopic (exact) mass is 398 g/mol. The average molecular weight is 399 g/mol. The van der Waals surface area contributed by atoms with E-state index in [1.807, 2.05) is 26.0 Å². The van der Waals surface area contributed by atoms with Crippen molar-refractivity contribution in [2.24, 2.45) is 0 Å². The molecule has 0 aliphatic heterocycles. The summed E-state index contributed by atoms with van der Waals surface area (Å²) < 4.78 is 34.3. The Morgan fingerprint density at radius 3 is 2.46 bits per heavy atom. The van der Waals surface area contributed by atoms with E-state index in [-0.39, 0.29) is 10.3 Å². The number of aromatic nitrogens is 1. The van der Waals surface area contributed by atoms with Crippen molar-refractivity contribution in [3.8, 4) is 5.75 Å². The Labute approximate surface area is 166 Å². The minimum absolute atomic E-state index is 0.149. The SMILES string of the molecule is COc1cc(C)c(C)cc1S(=O)(=O)NCC1(c2c(C)[nH]c3ccccc23)CC1. The van der Waals surface area contributed by atoms with E-state index in [9.17, 15) is 8.42 Å². The van der Waals surface area contributed by atoms with Crippen molar-refractivity contribution in [1.82, 2.24) is 9.71 Å². The second kappa shape index (κ2) is 6.64. The number of nitrogens with one attached hydrogen (secondary N) is 2. The first kappa shape index (κ1) is 19.0. The maximum atomic E-state index is 13.1. The van der Waals surface area contributed by atoms with Gasteiger partial charge in [0.1, 0.15) is 10.6 Å². The molecule has 148 valence electrons. The minimum Gasteiger partial charge on any atom is -0.495 e. The predicted octanol–water partition coefficient (Wildman–Crippen LogP) is 4.11. The van der Waals surface area contributed by atoms with E-state index in [1.54, 1.807) is 12.1 Å². The van der Waals surface area contributed by atoms with Gasteiger partial charge in [-0.25, -0.2) is 13.1 Å². The lowest BCUT2D eigenvalue weighted by Crippen LogP contribution is -2.33. The number of sulfonamides is 1. The third kappa shape index (κ3) is 3.10. The summed E-state index contributed by atoms with van der Waals surface area (Å²) in [6.07, 6.45) is 1.95. The van der Waals surface area contributed by atoms with Crippen LogP contribution in [-0.4, -0.2) is 27.1 Å². The molecule has 0 unspecified atom stereocenters. The summed E-state index contributed by atoms with van der Waals surface area (Å²) in [7, 11) is -2.18. The van der Waals surface area contributed by atoms with Gasteiger partial charge < -0.3 is 9.72 Å². The first-order valence-electron chi connectivity index (χ1n) is 9.50. The van der Waals surface area contributed by atoms with Gasteiger partial charge >= 0.3 is 0 Å². The van der Waals surface area contributed by atoms with Gasteiger partial charge in [0.2, 0.25) is 10.0 Å². The zero-order valence-electron chi connectivity index (χ0n) is 16.7. The van der Waals surface area contributed by atoms with Crippen LogP contribution in [0.2, 0.25) is 0 Å². The number of rotatable bonds is 6. The summed E-state index contributed by atoms with van der Waals surface area (Å²) in [4.78, 5) is 3.64. The van der Waals surface area contributed by atoms with Crippen molar-refractivity contribution in [2.45, 2.75) is 43.9 Å². The van der Waals surface area contributed by atoms with Gasteiger partial charge in [-0.2, -0.15) is 0 Å². The molecule has 1 fully saturated rings. The zero-order valence-corrected chi connectivity index (χ0v) is 17.5. The van der Waals surface area contributed by atoms with Gasteiger partial charge in [-0.1, -0.05) is 18.2 Å². The standard InChI is InChI=1S/C22H26N2O3S/c1-14-11-19(27-4)20(12-15(14)2)28(25,26)23-13-22(9-10-22)21-16(3)24-18-8-6-5-7-17(18)21/h5-8,11-12,23-24H,9-10,13H2,1-4H3. The highest BCUT2D eigenvalue weighted by Crippen LogP contribution is 2.51. The molecule has 0 amide bonds. The highest BCUT2D eigenvalue weighted by Gasteiger charge is 2.47. The molecule has 1 aliphatic carbocycles. The Balaban J connectivity index is 1.66. The average Bonchev–Trinajstić information content (AvgIpc) is 3.36. The largest absolute Gasteiger partial charge is 0.495 e. The van der Waals surface area contributed by atoms with Gasteiger partial charge in [0, 0.05) is 28.6 Å². The van der Waals surface area contributed by atoms with Crippen LogP contribution in [-0.2, 0) is 15.4 Å². The van der Waals surface area contributed by atoms with Gasteiger partial charge in [-0.05, 0) is 68.5 Å². The van der Waals surface area contributed by atoms with Crippen molar-refractivity contribution in [2.75, 3.05) is 13.7 Å². The van der Waals surface area contributed by atoms with E-state index < -0.39 is 10.0 Å². The Morgan fingerprint density at radius 1 is 1.11 bits per heavy atom. The summed E-state index contributed by atoms with van der Waals surface area (Å²) in [6, 6.07) is 11.7. The van der Waals surface area contributed by atoms with E-state index in [0.29, 0.717) is 12.3 Å². The van der Waals surface area contributed by atoms with Crippen molar-refractivity contribution >= 4 is 20.9 Å². The van der Waals surface area contributed by atoms with Crippen LogP contribution in [0.25, 0.3) is 10.9 Å². The molecule has 0 bridgehead atoms. The predicted molar refractivity (Wildman–Crippen MR) is 112 cm³/mol. The van der Waals surface area contributed by atoms with Crippen LogP contribution in [0, 0.1) is 20.8 Å². The normalized spacial score (nSPS) is 15.7. The Kier molecular flexibility index (Phi) is 4.51. The summed E-state index contributed by atoms with van der Waals surface area (Å²) in [5.74, 6) is 0.378. The summed E-state index contributed by atoms with van der Waals surface area (Å²) in [5, 5.41) is 1.18. The molecule has 0 saturated heterocycles. The fraction of sp³-hybridized carbons (Fsp3) is 0.364. The van der Waals surface area contributed by atoms with E-state index in [2.05, 4.69) is 28.8 Å². The molecular weight excluding hydrogens is 372 g/mol. The van der Waals surface area contributed by atoms with Crippen LogP contribution < -0.4 is 9.46 Å². The van der Waals surface area contributed by atoms with Crippen LogP contribution in [0.15, 0.2) is 41.3 Å². The fourth-order valence-electron chi connectivity index (χ4n) is 4.07. The van der Waals surface area contributed by atoms with Gasteiger partial charge in [0.05, 0.1) is 7.11 Å². The molecule has 6 heteroatoms. The number of aromatic amines is 1. The summed E-state index contributed by atoms with van der Waals surface area (Å²) >= 11 is 0. The van der Waals surface area contributed by atoms with Crippen molar-refractivity contribution in [3.05, 3.63) is 58.8 Å². The molecule has 3 aromatic rings. The molecule has 0 atom stereocenters. The number of ether oxygens (including phenoxy) is 1. The molecule has 4 rings (SSSR count). The highest BCUT2D eigenvalue weighted by molar-refractivity contribution is 7.89. The molecule has 28 heavy (non-hydrogen) atoms. The molecule has 1 saturated carbocycles. The number of methoxy groups -OCH3 is 1. The quantitative estimate of drug-likeness (QED) is 0.656. The summed E-state index contributed by atoms with van der Waals surface area (Å²) in [5.41, 5.74) is 5.22. The number of benzene rings is 2. The lowest BCUT2D eigenvalue weighted by molar-refractivity contribution is 0.401. The molecule has 2 N–H and O–H groups in total.